The number of hydrogen-bond donors (Lipinski definition) is 0. The summed E-state index contributed by atoms with van der Waals surface area (Å²) >= 11 is 6.29. The zero-order valence-corrected chi connectivity index (χ0v) is 13.5. The third-order valence-electron chi connectivity index (χ3n) is 4.43. The van der Waals surface area contributed by atoms with Crippen molar-refractivity contribution in [3.05, 3.63) is 22.6 Å². The van der Waals surface area contributed by atoms with Gasteiger partial charge in [0.1, 0.15) is 13.2 Å². The second-order valence-corrected chi connectivity index (χ2v) is 6.36. The van der Waals surface area contributed by atoms with Gasteiger partial charge in [-0.05, 0) is 19.0 Å². The number of halogens is 1. The molecule has 0 bridgehead atoms. The zero-order valence-electron chi connectivity index (χ0n) is 12.8. The molecule has 2 heterocycles. The summed E-state index contributed by atoms with van der Waals surface area (Å²) in [6.07, 6.45) is 4.30. The van der Waals surface area contributed by atoms with Gasteiger partial charge >= 0.3 is 0 Å². The number of rotatable bonds is 4. The molecule has 22 heavy (non-hydrogen) atoms. The number of ether oxygens (including phenoxy) is 2. The van der Waals surface area contributed by atoms with Crippen LogP contribution in [0.15, 0.2) is 22.6 Å². The van der Waals surface area contributed by atoms with Crippen LogP contribution in [0.2, 0.25) is 0 Å². The molecule has 0 saturated carbocycles. The molecule has 0 radical (unpaired) electrons. The highest BCUT2D eigenvalue weighted by Crippen LogP contribution is 2.33. The summed E-state index contributed by atoms with van der Waals surface area (Å²) in [6, 6.07) is 2.41. The fraction of sp³-hybridized carbons (Fsp3) is 0.688. The van der Waals surface area contributed by atoms with Crippen LogP contribution < -0.4 is 0 Å². The van der Waals surface area contributed by atoms with Crippen molar-refractivity contribution in [3.63, 3.8) is 0 Å². The monoisotopic (exact) mass is 323 g/mol. The van der Waals surface area contributed by atoms with Crippen LogP contribution in [0.5, 0.6) is 0 Å². The van der Waals surface area contributed by atoms with E-state index < -0.39 is 0 Å². The molecule has 2 aliphatic heterocycles. The summed E-state index contributed by atoms with van der Waals surface area (Å²) in [5.74, 6) is 1.76. The first-order chi connectivity index (χ1) is 10.8. The Labute approximate surface area is 136 Å². The van der Waals surface area contributed by atoms with Crippen LogP contribution in [-0.2, 0) is 9.47 Å². The quantitative estimate of drug-likeness (QED) is 0.741. The van der Waals surface area contributed by atoms with Gasteiger partial charge in [0, 0.05) is 44.1 Å². The van der Waals surface area contributed by atoms with E-state index in [2.05, 4.69) is 15.9 Å². The Morgan fingerprint density at radius 1 is 1.23 bits per heavy atom. The molecule has 1 fully saturated rings. The van der Waals surface area contributed by atoms with E-state index >= 15 is 0 Å². The topological polar surface area (TPSA) is 48.7 Å². The molecule has 0 spiro atoms. The van der Waals surface area contributed by atoms with E-state index in [1.165, 1.54) is 0 Å². The van der Waals surface area contributed by atoms with Crippen LogP contribution in [0, 0.1) is 11.3 Å². The number of nitrogens with zero attached hydrogens (tertiary/aromatic N) is 3. The number of unbranched alkanes of at least 4 members (excludes halogenated alkanes) is 1. The Morgan fingerprint density at radius 3 is 2.77 bits per heavy atom. The normalized spacial score (nSPS) is 26.5. The molecule has 1 atom stereocenters. The highest BCUT2D eigenvalue weighted by molar-refractivity contribution is 6.29. The SMILES string of the molecule is N#CCCCN1CCN(C2CC(Cl)=CC3=C2OCCO3)CC1. The van der Waals surface area contributed by atoms with Crippen molar-refractivity contribution in [1.29, 1.82) is 5.26 Å². The van der Waals surface area contributed by atoms with Crippen LogP contribution in [0.3, 0.4) is 0 Å². The Balaban J connectivity index is 1.58. The van der Waals surface area contributed by atoms with Gasteiger partial charge in [0.2, 0.25) is 0 Å². The predicted molar refractivity (Wildman–Crippen MR) is 84.1 cm³/mol. The van der Waals surface area contributed by atoms with Crippen molar-refractivity contribution < 1.29 is 9.47 Å². The van der Waals surface area contributed by atoms with Crippen molar-refractivity contribution in [2.24, 2.45) is 0 Å². The molecule has 0 amide bonds. The standard InChI is InChI=1S/C16H22ClN3O2/c17-13-11-14(16-15(12-13)21-9-10-22-16)20-7-5-19(6-8-20)4-2-1-3-18/h12,14H,1-2,4-11H2. The molecule has 5 nitrogen and oxygen atoms in total. The Hall–Kier alpha value is -1.22. The number of nitriles is 1. The van der Waals surface area contributed by atoms with Crippen molar-refractivity contribution in [1.82, 2.24) is 9.80 Å². The molecule has 0 aromatic heterocycles. The number of allylic oxidation sites excluding steroid dienone is 1. The third kappa shape index (κ3) is 3.57. The Bertz CT molecular complexity index is 504. The largest absolute Gasteiger partial charge is 0.489 e. The van der Waals surface area contributed by atoms with Gasteiger partial charge in [-0.1, -0.05) is 11.6 Å². The van der Waals surface area contributed by atoms with E-state index in [9.17, 15) is 0 Å². The minimum Gasteiger partial charge on any atom is -0.489 e. The molecular formula is C16H22ClN3O2. The van der Waals surface area contributed by atoms with E-state index in [-0.39, 0.29) is 6.04 Å². The summed E-state index contributed by atoms with van der Waals surface area (Å²) in [7, 11) is 0. The summed E-state index contributed by atoms with van der Waals surface area (Å²) in [5.41, 5.74) is 0. The van der Waals surface area contributed by atoms with Crippen molar-refractivity contribution in [2.45, 2.75) is 25.3 Å². The minimum absolute atomic E-state index is 0.203. The van der Waals surface area contributed by atoms with Crippen LogP contribution >= 0.6 is 11.6 Å². The van der Waals surface area contributed by atoms with Crippen LogP contribution in [0.1, 0.15) is 19.3 Å². The molecule has 0 aromatic carbocycles. The smallest absolute Gasteiger partial charge is 0.159 e. The first-order valence-corrected chi connectivity index (χ1v) is 8.35. The summed E-state index contributed by atoms with van der Waals surface area (Å²) in [4.78, 5) is 4.88. The fourth-order valence-corrected chi connectivity index (χ4v) is 3.52. The zero-order chi connectivity index (χ0) is 15.4. The second kappa shape index (κ2) is 7.36. The lowest BCUT2D eigenvalue weighted by atomic mass is 10.0. The summed E-state index contributed by atoms with van der Waals surface area (Å²) in [5, 5.41) is 9.46. The summed E-state index contributed by atoms with van der Waals surface area (Å²) < 4.78 is 11.5. The molecule has 6 heteroatoms. The van der Waals surface area contributed by atoms with E-state index in [4.69, 9.17) is 26.3 Å². The maximum Gasteiger partial charge on any atom is 0.159 e. The third-order valence-corrected chi connectivity index (χ3v) is 4.69. The van der Waals surface area contributed by atoms with Gasteiger partial charge in [-0.2, -0.15) is 5.26 Å². The van der Waals surface area contributed by atoms with Crippen molar-refractivity contribution in [2.75, 3.05) is 45.9 Å². The number of piperazine rings is 1. The first kappa shape index (κ1) is 15.7. The van der Waals surface area contributed by atoms with Crippen LogP contribution in [0.4, 0.5) is 0 Å². The van der Waals surface area contributed by atoms with Crippen molar-refractivity contribution in [3.8, 4) is 6.07 Å². The van der Waals surface area contributed by atoms with Gasteiger partial charge in [0.15, 0.2) is 11.5 Å². The predicted octanol–water partition coefficient (Wildman–Crippen LogP) is 2.06. The minimum atomic E-state index is 0.203. The van der Waals surface area contributed by atoms with Gasteiger partial charge in [0.05, 0.1) is 12.1 Å². The molecule has 3 rings (SSSR count). The Kier molecular flexibility index (Phi) is 5.24. The van der Waals surface area contributed by atoms with Gasteiger partial charge in [0.25, 0.3) is 0 Å². The molecule has 1 aliphatic carbocycles. The molecule has 3 aliphatic rings. The lowest BCUT2D eigenvalue weighted by Crippen LogP contribution is -2.52. The van der Waals surface area contributed by atoms with E-state index in [0.29, 0.717) is 19.6 Å². The van der Waals surface area contributed by atoms with E-state index in [1.807, 2.05) is 6.08 Å². The molecule has 1 saturated heterocycles. The highest BCUT2D eigenvalue weighted by Gasteiger charge is 2.34. The molecule has 1 unspecified atom stereocenters. The van der Waals surface area contributed by atoms with Gasteiger partial charge in [-0.3, -0.25) is 4.90 Å². The average molecular weight is 324 g/mol. The van der Waals surface area contributed by atoms with E-state index in [0.717, 1.165) is 62.1 Å². The average Bonchev–Trinajstić information content (AvgIpc) is 2.55. The van der Waals surface area contributed by atoms with Crippen LogP contribution in [-0.4, -0.2) is 61.8 Å². The highest BCUT2D eigenvalue weighted by atomic mass is 35.5. The summed E-state index contributed by atoms with van der Waals surface area (Å²) in [6.45, 7) is 6.30. The molecule has 0 aromatic rings. The van der Waals surface area contributed by atoms with E-state index in [1.54, 1.807) is 0 Å². The van der Waals surface area contributed by atoms with Gasteiger partial charge in [-0.25, -0.2) is 0 Å². The van der Waals surface area contributed by atoms with Crippen molar-refractivity contribution >= 4 is 11.6 Å². The maximum absolute atomic E-state index is 8.62. The van der Waals surface area contributed by atoms with Crippen LogP contribution in [0.25, 0.3) is 0 Å². The second-order valence-electron chi connectivity index (χ2n) is 5.88. The fourth-order valence-electron chi connectivity index (χ4n) is 3.27. The first-order valence-electron chi connectivity index (χ1n) is 7.97. The maximum atomic E-state index is 8.62. The lowest BCUT2D eigenvalue weighted by molar-refractivity contribution is 0.0206. The molecular weight excluding hydrogens is 302 g/mol. The lowest BCUT2D eigenvalue weighted by Gasteiger charge is -2.41. The van der Waals surface area contributed by atoms with Gasteiger partial charge < -0.3 is 14.4 Å². The molecule has 120 valence electrons. The number of hydrogen-bond acceptors (Lipinski definition) is 5. The van der Waals surface area contributed by atoms with Gasteiger partial charge in [-0.15, -0.1) is 0 Å². The Morgan fingerprint density at radius 2 is 2.00 bits per heavy atom. The molecule has 0 N–H and O–H groups in total.